The van der Waals surface area contributed by atoms with E-state index in [-0.39, 0.29) is 5.75 Å². The van der Waals surface area contributed by atoms with E-state index in [9.17, 15) is 5.11 Å². The normalized spacial score (nSPS) is 10.3. The molecule has 1 N–H and O–H groups in total. The fourth-order valence-corrected chi connectivity index (χ4v) is 2.03. The van der Waals surface area contributed by atoms with E-state index in [1.807, 2.05) is 6.92 Å². The zero-order valence-corrected chi connectivity index (χ0v) is 11.2. The topological polar surface area (TPSA) is 82.9 Å². The van der Waals surface area contributed by atoms with Crippen molar-refractivity contribution in [1.82, 2.24) is 10.1 Å². The van der Waals surface area contributed by atoms with Crippen LogP contribution in [0.2, 0.25) is 0 Å². The van der Waals surface area contributed by atoms with Crippen LogP contribution in [0.15, 0.2) is 47.0 Å². The Morgan fingerprint density at radius 3 is 2.57 bits per heavy atom. The number of hydrogen-bond acceptors (Lipinski definition) is 5. The maximum Gasteiger partial charge on any atom is 0.258 e. The third-order valence-corrected chi connectivity index (χ3v) is 3.14. The number of phenolic OH excluding ortho intramolecular Hbond substituents is 1. The second-order valence-electron chi connectivity index (χ2n) is 4.61. The first-order valence-corrected chi connectivity index (χ1v) is 6.31. The summed E-state index contributed by atoms with van der Waals surface area (Å²) in [4.78, 5) is 4.35. The Bertz CT molecular complexity index is 829. The van der Waals surface area contributed by atoms with E-state index in [0.29, 0.717) is 17.3 Å². The Labute approximate surface area is 121 Å². The van der Waals surface area contributed by atoms with Gasteiger partial charge < -0.3 is 9.63 Å². The highest BCUT2D eigenvalue weighted by Gasteiger charge is 2.12. The number of hydrogen-bond donors (Lipinski definition) is 1. The maximum atomic E-state index is 9.28. The van der Waals surface area contributed by atoms with Gasteiger partial charge in [-0.1, -0.05) is 5.16 Å². The molecule has 0 radical (unpaired) electrons. The van der Waals surface area contributed by atoms with Gasteiger partial charge in [0.1, 0.15) is 5.75 Å². The zero-order valence-electron chi connectivity index (χ0n) is 11.2. The maximum absolute atomic E-state index is 9.28. The number of rotatable bonds is 2. The lowest BCUT2D eigenvalue weighted by molar-refractivity contribution is 0.432. The van der Waals surface area contributed by atoms with Crippen LogP contribution in [0.1, 0.15) is 11.1 Å². The molecule has 3 aromatic rings. The van der Waals surface area contributed by atoms with Crippen LogP contribution in [-0.2, 0) is 0 Å². The first-order valence-electron chi connectivity index (χ1n) is 6.31. The molecule has 0 unspecified atom stereocenters. The summed E-state index contributed by atoms with van der Waals surface area (Å²) in [6.45, 7) is 1.89. The molecule has 21 heavy (non-hydrogen) atoms. The molecule has 3 rings (SSSR count). The van der Waals surface area contributed by atoms with Gasteiger partial charge in [0.05, 0.1) is 11.6 Å². The van der Waals surface area contributed by atoms with Crippen LogP contribution < -0.4 is 0 Å². The first kappa shape index (κ1) is 12.9. The molecule has 0 aliphatic heterocycles. The van der Waals surface area contributed by atoms with E-state index in [0.717, 1.165) is 16.7 Å². The number of aromatic hydroxyl groups is 1. The minimum Gasteiger partial charge on any atom is -0.508 e. The fraction of sp³-hybridized carbons (Fsp3) is 0.0625. The summed E-state index contributed by atoms with van der Waals surface area (Å²) in [5, 5.41) is 22.1. The highest BCUT2D eigenvalue weighted by atomic mass is 16.5. The summed E-state index contributed by atoms with van der Waals surface area (Å²) in [6.07, 6.45) is 0. The van der Waals surface area contributed by atoms with Crippen LogP contribution in [0, 0.1) is 18.3 Å². The molecule has 5 heteroatoms. The highest BCUT2D eigenvalue weighted by Crippen LogP contribution is 2.26. The largest absolute Gasteiger partial charge is 0.508 e. The van der Waals surface area contributed by atoms with Crippen LogP contribution >= 0.6 is 0 Å². The predicted octanol–water partition coefficient (Wildman–Crippen LogP) is 3.29. The van der Waals surface area contributed by atoms with Crippen LogP contribution in [0.3, 0.4) is 0 Å². The van der Waals surface area contributed by atoms with E-state index in [4.69, 9.17) is 9.78 Å². The molecular formula is C16H11N3O2. The summed E-state index contributed by atoms with van der Waals surface area (Å²) in [7, 11) is 0. The smallest absolute Gasteiger partial charge is 0.258 e. The van der Waals surface area contributed by atoms with Crippen molar-refractivity contribution in [2.24, 2.45) is 0 Å². The SMILES string of the molecule is Cc1cc(C#N)ccc1-c1nc(-c2ccc(O)cc2)no1. The van der Waals surface area contributed by atoms with Crippen LogP contribution in [0.4, 0.5) is 0 Å². The van der Waals surface area contributed by atoms with Gasteiger partial charge >= 0.3 is 0 Å². The lowest BCUT2D eigenvalue weighted by atomic mass is 10.1. The van der Waals surface area contributed by atoms with Crippen molar-refractivity contribution in [2.45, 2.75) is 6.92 Å². The van der Waals surface area contributed by atoms with Gasteiger partial charge in [-0.2, -0.15) is 10.2 Å². The molecule has 0 fully saturated rings. The zero-order chi connectivity index (χ0) is 14.8. The lowest BCUT2D eigenvalue weighted by Gasteiger charge is -2.00. The average molecular weight is 277 g/mol. The molecule has 5 nitrogen and oxygen atoms in total. The second-order valence-corrected chi connectivity index (χ2v) is 4.61. The average Bonchev–Trinajstić information content (AvgIpc) is 2.97. The Balaban J connectivity index is 1.99. The number of nitrogens with zero attached hydrogens (tertiary/aromatic N) is 3. The highest BCUT2D eigenvalue weighted by molar-refractivity contribution is 5.63. The Morgan fingerprint density at radius 1 is 1.14 bits per heavy atom. The van der Waals surface area contributed by atoms with Crippen molar-refractivity contribution in [3.63, 3.8) is 0 Å². The molecule has 2 aromatic carbocycles. The van der Waals surface area contributed by atoms with Crippen molar-refractivity contribution in [2.75, 3.05) is 0 Å². The molecule has 0 bridgehead atoms. The molecule has 0 atom stereocenters. The standard InChI is InChI=1S/C16H11N3O2/c1-10-8-11(9-17)2-7-14(10)16-18-15(19-21-16)12-3-5-13(20)6-4-12/h2-8,20H,1H3. The van der Waals surface area contributed by atoms with Crippen LogP contribution in [0.25, 0.3) is 22.8 Å². The van der Waals surface area contributed by atoms with Crippen molar-refractivity contribution in [1.29, 1.82) is 5.26 Å². The summed E-state index contributed by atoms with van der Waals surface area (Å²) in [6, 6.07) is 14.0. The second kappa shape index (κ2) is 5.10. The number of aryl methyl sites for hydroxylation is 1. The van der Waals surface area contributed by atoms with E-state index in [1.165, 1.54) is 0 Å². The fourth-order valence-electron chi connectivity index (χ4n) is 2.03. The quantitative estimate of drug-likeness (QED) is 0.777. The van der Waals surface area contributed by atoms with Gasteiger partial charge in [-0.15, -0.1) is 0 Å². The van der Waals surface area contributed by atoms with Gasteiger partial charge in [0.25, 0.3) is 5.89 Å². The molecular weight excluding hydrogens is 266 g/mol. The minimum atomic E-state index is 0.186. The molecule has 0 saturated carbocycles. The van der Waals surface area contributed by atoms with E-state index >= 15 is 0 Å². The molecule has 0 saturated heterocycles. The number of nitriles is 1. The van der Waals surface area contributed by atoms with Crippen LogP contribution in [-0.4, -0.2) is 15.2 Å². The van der Waals surface area contributed by atoms with Gasteiger partial charge in [0.2, 0.25) is 5.82 Å². The molecule has 0 spiro atoms. The van der Waals surface area contributed by atoms with Crippen molar-refractivity contribution in [3.05, 3.63) is 53.6 Å². The van der Waals surface area contributed by atoms with Gasteiger partial charge in [0, 0.05) is 11.1 Å². The third kappa shape index (κ3) is 2.47. The van der Waals surface area contributed by atoms with E-state index in [1.54, 1.807) is 42.5 Å². The predicted molar refractivity (Wildman–Crippen MR) is 76.3 cm³/mol. The minimum absolute atomic E-state index is 0.186. The van der Waals surface area contributed by atoms with Crippen molar-refractivity contribution in [3.8, 4) is 34.7 Å². The third-order valence-electron chi connectivity index (χ3n) is 3.14. The summed E-state index contributed by atoms with van der Waals surface area (Å²) in [5.74, 6) is 1.04. The van der Waals surface area contributed by atoms with Gasteiger partial charge in [-0.05, 0) is 55.0 Å². The van der Waals surface area contributed by atoms with E-state index < -0.39 is 0 Å². The van der Waals surface area contributed by atoms with Gasteiger partial charge in [-0.25, -0.2) is 0 Å². The summed E-state index contributed by atoms with van der Waals surface area (Å²) < 4.78 is 5.28. The van der Waals surface area contributed by atoms with Crippen molar-refractivity contribution >= 4 is 0 Å². The molecule has 1 aromatic heterocycles. The Kier molecular flexibility index (Phi) is 3.13. The van der Waals surface area contributed by atoms with Crippen molar-refractivity contribution < 1.29 is 9.63 Å². The lowest BCUT2D eigenvalue weighted by Crippen LogP contribution is -1.86. The summed E-state index contributed by atoms with van der Waals surface area (Å²) >= 11 is 0. The molecule has 1 heterocycles. The first-order chi connectivity index (χ1) is 10.2. The van der Waals surface area contributed by atoms with Gasteiger partial charge in [0.15, 0.2) is 0 Å². The van der Waals surface area contributed by atoms with Gasteiger partial charge in [-0.3, -0.25) is 0 Å². The molecule has 102 valence electrons. The molecule has 0 aliphatic carbocycles. The molecule has 0 aliphatic rings. The van der Waals surface area contributed by atoms with Crippen LogP contribution in [0.5, 0.6) is 5.75 Å². The Morgan fingerprint density at radius 2 is 1.90 bits per heavy atom. The molecule has 0 amide bonds. The monoisotopic (exact) mass is 277 g/mol. The Hall–Kier alpha value is -3.13. The summed E-state index contributed by atoms with van der Waals surface area (Å²) in [5.41, 5.74) is 3.05. The number of aromatic nitrogens is 2. The number of phenols is 1. The van der Waals surface area contributed by atoms with E-state index in [2.05, 4.69) is 16.2 Å². The number of benzene rings is 2.